The molecule has 0 bridgehead atoms. The summed E-state index contributed by atoms with van der Waals surface area (Å²) in [5.74, 6) is -0.567. The molecule has 1 spiro atoms. The molecule has 2 N–H and O–H groups in total. The van der Waals surface area contributed by atoms with Crippen LogP contribution >= 0.6 is 0 Å². The summed E-state index contributed by atoms with van der Waals surface area (Å²) in [6.45, 7) is 2.15. The lowest BCUT2D eigenvalue weighted by molar-refractivity contribution is -0.135. The summed E-state index contributed by atoms with van der Waals surface area (Å²) in [7, 11) is 0. The molecular formula is C19H25N3O3. The maximum Gasteiger partial charge on any atom is 0.325 e. The second-order valence-electron chi connectivity index (χ2n) is 7.02. The number of carbonyl (C=O) groups is 3. The lowest BCUT2D eigenvalue weighted by atomic mass is 9.90. The number of nitrogens with one attached hydrogen (secondary N) is 2. The number of urea groups is 1. The van der Waals surface area contributed by atoms with Crippen molar-refractivity contribution in [3.63, 3.8) is 0 Å². The van der Waals surface area contributed by atoms with Crippen LogP contribution in [0.2, 0.25) is 0 Å². The molecule has 25 heavy (non-hydrogen) atoms. The summed E-state index contributed by atoms with van der Waals surface area (Å²) in [5, 5.41) is 5.65. The molecule has 6 nitrogen and oxygen atoms in total. The molecule has 1 saturated carbocycles. The van der Waals surface area contributed by atoms with E-state index in [0.717, 1.165) is 41.7 Å². The molecule has 134 valence electrons. The number of aryl methyl sites for hydroxylation is 1. The Kier molecular flexibility index (Phi) is 5.06. The van der Waals surface area contributed by atoms with E-state index in [1.165, 1.54) is 0 Å². The SMILES string of the molecule is Cc1ccccc1CNC(=O)CN1C(=O)NC2(CCCCCC2)C1=O. The molecule has 6 heteroatoms. The standard InChI is InChI=1S/C19H25N3O3/c1-14-8-4-5-9-15(14)12-20-16(23)13-22-17(24)19(21-18(22)25)10-6-2-3-7-11-19/h4-5,8-9H,2-3,6-7,10-13H2,1H3,(H,20,23)(H,21,25). The number of hydrogen-bond acceptors (Lipinski definition) is 3. The minimum absolute atomic E-state index is 0.224. The van der Waals surface area contributed by atoms with Gasteiger partial charge in [-0.3, -0.25) is 14.5 Å². The molecule has 0 unspecified atom stereocenters. The van der Waals surface area contributed by atoms with E-state index in [0.29, 0.717) is 19.4 Å². The smallest absolute Gasteiger partial charge is 0.325 e. The molecule has 1 aliphatic heterocycles. The first-order valence-electron chi connectivity index (χ1n) is 8.97. The van der Waals surface area contributed by atoms with Crippen molar-refractivity contribution in [2.24, 2.45) is 0 Å². The summed E-state index contributed by atoms with van der Waals surface area (Å²) in [5.41, 5.74) is 1.33. The third kappa shape index (κ3) is 3.67. The maximum absolute atomic E-state index is 12.8. The number of benzene rings is 1. The molecule has 4 amide bonds. The van der Waals surface area contributed by atoms with E-state index in [-0.39, 0.29) is 18.4 Å². The molecule has 1 aliphatic carbocycles. The van der Waals surface area contributed by atoms with E-state index < -0.39 is 11.6 Å². The zero-order valence-corrected chi connectivity index (χ0v) is 14.6. The van der Waals surface area contributed by atoms with Gasteiger partial charge in [0.05, 0.1) is 0 Å². The molecule has 3 rings (SSSR count). The molecule has 1 saturated heterocycles. The van der Waals surface area contributed by atoms with Crippen molar-refractivity contribution in [3.05, 3.63) is 35.4 Å². The highest BCUT2D eigenvalue weighted by atomic mass is 16.2. The van der Waals surface area contributed by atoms with Gasteiger partial charge in [-0.15, -0.1) is 0 Å². The van der Waals surface area contributed by atoms with E-state index in [9.17, 15) is 14.4 Å². The van der Waals surface area contributed by atoms with Crippen LogP contribution in [-0.4, -0.2) is 34.8 Å². The zero-order valence-electron chi connectivity index (χ0n) is 14.6. The fraction of sp³-hybridized carbons (Fsp3) is 0.526. The first-order chi connectivity index (χ1) is 12.0. The van der Waals surface area contributed by atoms with Crippen molar-refractivity contribution in [2.45, 2.75) is 57.5 Å². The Hall–Kier alpha value is -2.37. The lowest BCUT2D eigenvalue weighted by Crippen LogP contribution is -2.47. The van der Waals surface area contributed by atoms with Crippen LogP contribution in [-0.2, 0) is 16.1 Å². The Morgan fingerprint density at radius 1 is 1.16 bits per heavy atom. The van der Waals surface area contributed by atoms with Crippen LogP contribution in [0.4, 0.5) is 4.79 Å². The second kappa shape index (κ2) is 7.25. The molecule has 2 aliphatic rings. The van der Waals surface area contributed by atoms with Gasteiger partial charge in [0.1, 0.15) is 12.1 Å². The third-order valence-electron chi connectivity index (χ3n) is 5.24. The highest BCUT2D eigenvalue weighted by molar-refractivity contribution is 6.09. The fourth-order valence-corrected chi connectivity index (χ4v) is 3.69. The molecule has 1 aromatic rings. The number of rotatable bonds is 4. The van der Waals surface area contributed by atoms with Gasteiger partial charge < -0.3 is 10.6 Å². The summed E-state index contributed by atoms with van der Waals surface area (Å²) in [4.78, 5) is 38.3. The van der Waals surface area contributed by atoms with Crippen LogP contribution in [0.25, 0.3) is 0 Å². The van der Waals surface area contributed by atoms with E-state index in [1.807, 2.05) is 31.2 Å². The van der Waals surface area contributed by atoms with E-state index in [4.69, 9.17) is 0 Å². The highest BCUT2D eigenvalue weighted by Crippen LogP contribution is 2.32. The van der Waals surface area contributed by atoms with Gasteiger partial charge >= 0.3 is 6.03 Å². The summed E-state index contributed by atoms with van der Waals surface area (Å²) in [6.07, 6.45) is 5.36. The van der Waals surface area contributed by atoms with Crippen LogP contribution < -0.4 is 10.6 Å². The Bertz CT molecular complexity index is 678. The van der Waals surface area contributed by atoms with Crippen LogP contribution in [0.1, 0.15) is 49.7 Å². The highest BCUT2D eigenvalue weighted by Gasteiger charge is 2.51. The van der Waals surface area contributed by atoms with Crippen molar-refractivity contribution in [1.82, 2.24) is 15.5 Å². The van der Waals surface area contributed by atoms with Crippen LogP contribution in [0.15, 0.2) is 24.3 Å². The first-order valence-corrected chi connectivity index (χ1v) is 8.97. The normalized spacial score (nSPS) is 19.6. The minimum atomic E-state index is -0.788. The summed E-state index contributed by atoms with van der Waals surface area (Å²) in [6, 6.07) is 7.35. The van der Waals surface area contributed by atoms with Gasteiger partial charge in [0.2, 0.25) is 5.91 Å². The Morgan fingerprint density at radius 3 is 2.52 bits per heavy atom. The van der Waals surface area contributed by atoms with Gasteiger partial charge in [0, 0.05) is 6.54 Å². The predicted molar refractivity (Wildman–Crippen MR) is 93.7 cm³/mol. The molecule has 0 aromatic heterocycles. The van der Waals surface area contributed by atoms with E-state index in [2.05, 4.69) is 10.6 Å². The van der Waals surface area contributed by atoms with E-state index in [1.54, 1.807) is 0 Å². The number of amides is 4. The molecule has 1 heterocycles. The number of hydrogen-bond donors (Lipinski definition) is 2. The maximum atomic E-state index is 12.8. The van der Waals surface area contributed by atoms with E-state index >= 15 is 0 Å². The first kappa shape index (κ1) is 17.5. The van der Waals surface area contributed by atoms with Gasteiger partial charge in [0.25, 0.3) is 5.91 Å². The third-order valence-corrected chi connectivity index (χ3v) is 5.24. The van der Waals surface area contributed by atoms with Gasteiger partial charge in [-0.25, -0.2) is 4.79 Å². The van der Waals surface area contributed by atoms with Gasteiger partial charge in [-0.2, -0.15) is 0 Å². The Morgan fingerprint density at radius 2 is 1.84 bits per heavy atom. The average molecular weight is 343 g/mol. The quantitative estimate of drug-likeness (QED) is 0.823. The Balaban J connectivity index is 1.60. The van der Waals surface area contributed by atoms with Crippen molar-refractivity contribution in [2.75, 3.05) is 6.54 Å². The van der Waals surface area contributed by atoms with Crippen LogP contribution in [0.5, 0.6) is 0 Å². The van der Waals surface area contributed by atoms with Crippen molar-refractivity contribution in [3.8, 4) is 0 Å². The minimum Gasteiger partial charge on any atom is -0.350 e. The van der Waals surface area contributed by atoms with Gasteiger partial charge in [0.15, 0.2) is 0 Å². The zero-order chi connectivity index (χ0) is 17.9. The van der Waals surface area contributed by atoms with Crippen molar-refractivity contribution < 1.29 is 14.4 Å². The van der Waals surface area contributed by atoms with Crippen LogP contribution in [0, 0.1) is 6.92 Å². The Labute approximate surface area is 148 Å². The molecule has 0 radical (unpaired) electrons. The molecule has 1 aromatic carbocycles. The lowest BCUT2D eigenvalue weighted by Gasteiger charge is -2.24. The average Bonchev–Trinajstić information content (AvgIpc) is 2.76. The fourth-order valence-electron chi connectivity index (χ4n) is 3.69. The van der Waals surface area contributed by atoms with Crippen molar-refractivity contribution in [1.29, 1.82) is 0 Å². The summed E-state index contributed by atoms with van der Waals surface area (Å²) < 4.78 is 0. The number of imide groups is 1. The second-order valence-corrected chi connectivity index (χ2v) is 7.02. The molecule has 2 fully saturated rings. The largest absolute Gasteiger partial charge is 0.350 e. The van der Waals surface area contributed by atoms with Crippen LogP contribution in [0.3, 0.4) is 0 Å². The monoisotopic (exact) mass is 343 g/mol. The van der Waals surface area contributed by atoms with Gasteiger partial charge in [-0.1, -0.05) is 49.9 Å². The van der Waals surface area contributed by atoms with Crippen molar-refractivity contribution >= 4 is 17.8 Å². The predicted octanol–water partition coefficient (Wildman–Crippen LogP) is 2.26. The molecular weight excluding hydrogens is 318 g/mol. The number of carbonyl (C=O) groups excluding carboxylic acids is 3. The molecule has 0 atom stereocenters. The number of nitrogens with zero attached hydrogens (tertiary/aromatic N) is 1. The van der Waals surface area contributed by atoms with Gasteiger partial charge in [-0.05, 0) is 30.9 Å². The topological polar surface area (TPSA) is 78.5 Å². The summed E-state index contributed by atoms with van der Waals surface area (Å²) >= 11 is 0.